The first-order valence-electron chi connectivity index (χ1n) is 10.2. The molecule has 0 aliphatic carbocycles. The van der Waals surface area contributed by atoms with Crippen molar-refractivity contribution < 1.29 is 18.7 Å². The van der Waals surface area contributed by atoms with E-state index in [1.165, 1.54) is 28.8 Å². The first-order valence-corrected chi connectivity index (χ1v) is 11.2. The molecule has 3 rings (SSSR count). The van der Waals surface area contributed by atoms with E-state index in [9.17, 15) is 14.0 Å². The standard InChI is InChI=1S/C23H25FN4O3S/c1-4-31-21(30)14-27(16(2)3)20(29)15-32-23-26-25-22(17-10-12-18(24)13-11-17)28(23)19-8-6-5-7-9-19/h5-13,16H,4,14-15H2,1-3H3. The number of carbonyl (C=O) groups is 2. The largest absolute Gasteiger partial charge is 0.465 e. The fraction of sp³-hybridized carbons (Fsp3) is 0.304. The molecule has 9 heteroatoms. The molecule has 1 amide bonds. The summed E-state index contributed by atoms with van der Waals surface area (Å²) in [5.41, 5.74) is 1.52. The molecular weight excluding hydrogens is 431 g/mol. The Balaban J connectivity index is 1.85. The highest BCUT2D eigenvalue weighted by Gasteiger charge is 2.23. The van der Waals surface area contributed by atoms with Gasteiger partial charge in [-0.05, 0) is 57.2 Å². The molecule has 3 aromatic rings. The fourth-order valence-electron chi connectivity index (χ4n) is 3.07. The minimum absolute atomic E-state index is 0.0754. The lowest BCUT2D eigenvalue weighted by Gasteiger charge is -2.25. The first-order chi connectivity index (χ1) is 15.4. The number of esters is 1. The fourth-order valence-corrected chi connectivity index (χ4v) is 3.91. The summed E-state index contributed by atoms with van der Waals surface area (Å²) in [4.78, 5) is 26.2. The molecule has 168 valence electrons. The number of hydrogen-bond donors (Lipinski definition) is 0. The number of halogens is 1. The molecule has 32 heavy (non-hydrogen) atoms. The molecule has 0 unspecified atom stereocenters. The van der Waals surface area contributed by atoms with E-state index in [4.69, 9.17) is 4.74 Å². The van der Waals surface area contributed by atoms with Crippen LogP contribution in [0.25, 0.3) is 17.1 Å². The lowest BCUT2D eigenvalue weighted by molar-refractivity contribution is -0.149. The second kappa shape index (κ2) is 10.9. The van der Waals surface area contributed by atoms with Gasteiger partial charge in [0.1, 0.15) is 12.4 Å². The summed E-state index contributed by atoms with van der Waals surface area (Å²) in [6.07, 6.45) is 0. The Morgan fingerprint density at radius 2 is 1.78 bits per heavy atom. The van der Waals surface area contributed by atoms with Crippen LogP contribution in [0.1, 0.15) is 20.8 Å². The molecule has 1 heterocycles. The van der Waals surface area contributed by atoms with E-state index in [0.29, 0.717) is 16.5 Å². The number of carbonyl (C=O) groups excluding carboxylic acids is 2. The maximum absolute atomic E-state index is 13.4. The highest BCUT2D eigenvalue weighted by atomic mass is 32.2. The van der Waals surface area contributed by atoms with Crippen LogP contribution in [0.4, 0.5) is 4.39 Å². The van der Waals surface area contributed by atoms with Crippen molar-refractivity contribution in [2.75, 3.05) is 18.9 Å². The highest BCUT2D eigenvalue weighted by molar-refractivity contribution is 7.99. The summed E-state index contributed by atoms with van der Waals surface area (Å²) in [6, 6.07) is 15.3. The zero-order valence-corrected chi connectivity index (χ0v) is 19.0. The van der Waals surface area contributed by atoms with Gasteiger partial charge in [0.15, 0.2) is 11.0 Å². The van der Waals surface area contributed by atoms with Crippen molar-refractivity contribution in [3.8, 4) is 17.1 Å². The molecule has 0 fully saturated rings. The van der Waals surface area contributed by atoms with E-state index in [0.717, 1.165) is 5.69 Å². The van der Waals surface area contributed by atoms with Crippen LogP contribution < -0.4 is 0 Å². The molecule has 1 aromatic heterocycles. The molecule has 0 N–H and O–H groups in total. The summed E-state index contributed by atoms with van der Waals surface area (Å²) in [5.74, 6) is -0.366. The number of rotatable bonds is 9. The van der Waals surface area contributed by atoms with E-state index < -0.39 is 5.97 Å². The summed E-state index contributed by atoms with van der Waals surface area (Å²) < 4.78 is 20.2. The van der Waals surface area contributed by atoms with Crippen molar-refractivity contribution in [2.24, 2.45) is 0 Å². The third kappa shape index (κ3) is 5.73. The number of amides is 1. The lowest BCUT2D eigenvalue weighted by atomic mass is 10.2. The van der Waals surface area contributed by atoms with Gasteiger partial charge < -0.3 is 9.64 Å². The minimum Gasteiger partial charge on any atom is -0.465 e. The maximum atomic E-state index is 13.4. The lowest BCUT2D eigenvalue weighted by Crippen LogP contribution is -2.42. The van der Waals surface area contributed by atoms with Crippen LogP contribution in [0.15, 0.2) is 59.8 Å². The van der Waals surface area contributed by atoms with Crippen LogP contribution in [0.2, 0.25) is 0 Å². The molecule has 0 saturated heterocycles. The van der Waals surface area contributed by atoms with E-state index in [-0.39, 0.29) is 36.7 Å². The van der Waals surface area contributed by atoms with Crippen LogP contribution in [0.3, 0.4) is 0 Å². The number of thioether (sulfide) groups is 1. The molecule has 0 radical (unpaired) electrons. The molecule has 0 aliphatic heterocycles. The van der Waals surface area contributed by atoms with Gasteiger partial charge in [-0.15, -0.1) is 10.2 Å². The first kappa shape index (κ1) is 23.5. The highest BCUT2D eigenvalue weighted by Crippen LogP contribution is 2.28. The average Bonchev–Trinajstić information content (AvgIpc) is 3.21. The van der Waals surface area contributed by atoms with Crippen molar-refractivity contribution in [3.05, 3.63) is 60.4 Å². The van der Waals surface area contributed by atoms with Crippen molar-refractivity contribution in [2.45, 2.75) is 32.0 Å². The minimum atomic E-state index is -0.439. The van der Waals surface area contributed by atoms with Gasteiger partial charge in [-0.2, -0.15) is 0 Å². The quantitative estimate of drug-likeness (QED) is 0.358. The Morgan fingerprint density at radius 3 is 2.41 bits per heavy atom. The number of para-hydroxylation sites is 1. The predicted molar refractivity (Wildman–Crippen MR) is 121 cm³/mol. The van der Waals surface area contributed by atoms with Gasteiger partial charge in [0.25, 0.3) is 0 Å². The summed E-state index contributed by atoms with van der Waals surface area (Å²) in [6.45, 7) is 5.59. The van der Waals surface area contributed by atoms with Crippen molar-refractivity contribution >= 4 is 23.6 Å². The predicted octanol–water partition coefficient (Wildman–Crippen LogP) is 3.97. The third-order valence-corrected chi connectivity index (χ3v) is 5.54. The van der Waals surface area contributed by atoms with E-state index in [2.05, 4.69) is 10.2 Å². The van der Waals surface area contributed by atoms with Gasteiger partial charge in [0.2, 0.25) is 5.91 Å². The van der Waals surface area contributed by atoms with Gasteiger partial charge in [0, 0.05) is 17.3 Å². The number of benzene rings is 2. The second-order valence-electron chi connectivity index (χ2n) is 7.19. The van der Waals surface area contributed by atoms with E-state index in [1.54, 1.807) is 19.1 Å². The van der Waals surface area contributed by atoms with Crippen LogP contribution in [-0.4, -0.2) is 56.5 Å². The number of ether oxygens (including phenoxy) is 1. The molecule has 0 bridgehead atoms. The monoisotopic (exact) mass is 456 g/mol. The van der Waals surface area contributed by atoms with E-state index in [1.807, 2.05) is 48.7 Å². The Labute approximate surface area is 190 Å². The molecular formula is C23H25FN4O3S. The Hall–Kier alpha value is -3.20. The topological polar surface area (TPSA) is 77.3 Å². The van der Waals surface area contributed by atoms with Crippen molar-refractivity contribution in [1.82, 2.24) is 19.7 Å². The normalized spacial score (nSPS) is 10.9. The zero-order chi connectivity index (χ0) is 23.1. The zero-order valence-electron chi connectivity index (χ0n) is 18.2. The maximum Gasteiger partial charge on any atom is 0.325 e. The molecule has 0 saturated carbocycles. The van der Waals surface area contributed by atoms with Crippen LogP contribution in [-0.2, 0) is 14.3 Å². The Bertz CT molecular complexity index is 1050. The molecule has 0 atom stereocenters. The SMILES string of the molecule is CCOC(=O)CN(C(=O)CSc1nnc(-c2ccc(F)cc2)n1-c1ccccc1)C(C)C. The Kier molecular flexibility index (Phi) is 7.99. The Morgan fingerprint density at radius 1 is 1.09 bits per heavy atom. The molecule has 7 nitrogen and oxygen atoms in total. The van der Waals surface area contributed by atoms with Crippen LogP contribution in [0.5, 0.6) is 0 Å². The smallest absolute Gasteiger partial charge is 0.325 e. The summed E-state index contributed by atoms with van der Waals surface area (Å²) in [7, 11) is 0. The average molecular weight is 457 g/mol. The molecule has 0 aliphatic rings. The van der Waals surface area contributed by atoms with Crippen LogP contribution >= 0.6 is 11.8 Å². The summed E-state index contributed by atoms with van der Waals surface area (Å²) in [5, 5.41) is 9.09. The third-order valence-electron chi connectivity index (χ3n) is 4.62. The van der Waals surface area contributed by atoms with E-state index >= 15 is 0 Å². The van der Waals surface area contributed by atoms with Gasteiger partial charge in [-0.3, -0.25) is 14.2 Å². The number of hydrogen-bond acceptors (Lipinski definition) is 6. The van der Waals surface area contributed by atoms with Crippen LogP contribution in [0, 0.1) is 5.82 Å². The van der Waals surface area contributed by atoms with Gasteiger partial charge in [-0.25, -0.2) is 4.39 Å². The number of aromatic nitrogens is 3. The van der Waals surface area contributed by atoms with Gasteiger partial charge >= 0.3 is 5.97 Å². The van der Waals surface area contributed by atoms with Gasteiger partial charge in [-0.1, -0.05) is 30.0 Å². The second-order valence-corrected chi connectivity index (χ2v) is 8.14. The summed E-state index contributed by atoms with van der Waals surface area (Å²) >= 11 is 1.23. The van der Waals surface area contributed by atoms with Crippen molar-refractivity contribution in [1.29, 1.82) is 0 Å². The molecule has 2 aromatic carbocycles. The number of nitrogens with zero attached hydrogens (tertiary/aromatic N) is 4. The molecule has 0 spiro atoms. The van der Waals surface area contributed by atoms with Gasteiger partial charge in [0.05, 0.1) is 12.4 Å². The van der Waals surface area contributed by atoms with Crippen molar-refractivity contribution in [3.63, 3.8) is 0 Å².